The van der Waals surface area contributed by atoms with E-state index in [2.05, 4.69) is 48.1 Å². The molecule has 1 unspecified atom stereocenters. The Kier molecular flexibility index (Phi) is 6.63. The van der Waals surface area contributed by atoms with Crippen molar-refractivity contribution < 1.29 is 9.13 Å². The monoisotopic (exact) mass is 464 g/mol. The van der Waals surface area contributed by atoms with Gasteiger partial charge >= 0.3 is 0 Å². The molecule has 0 spiro atoms. The van der Waals surface area contributed by atoms with Crippen molar-refractivity contribution in [2.75, 3.05) is 26.7 Å². The van der Waals surface area contributed by atoms with Gasteiger partial charge < -0.3 is 15.0 Å². The third kappa shape index (κ3) is 4.46. The SMILES string of the molecule is COc1ccc(-c2nc3c(C)cc(C4CCN(C5CCNCC5)[C@@H](C(C)C)C4)cc3[nH]2)cc1F. The second kappa shape index (κ2) is 9.67. The number of rotatable bonds is 5. The number of halogens is 1. The normalized spacial score (nSPS) is 22.5. The van der Waals surface area contributed by atoms with Gasteiger partial charge in [0.1, 0.15) is 5.82 Å². The van der Waals surface area contributed by atoms with E-state index in [1.807, 2.05) is 6.07 Å². The Morgan fingerprint density at radius 2 is 1.91 bits per heavy atom. The molecule has 3 heterocycles. The molecule has 5 nitrogen and oxygen atoms in total. The van der Waals surface area contributed by atoms with Crippen molar-refractivity contribution in [1.82, 2.24) is 20.2 Å². The van der Waals surface area contributed by atoms with Crippen LogP contribution < -0.4 is 10.1 Å². The first kappa shape index (κ1) is 23.3. The average Bonchev–Trinajstić information content (AvgIpc) is 3.29. The Hall–Kier alpha value is -2.44. The van der Waals surface area contributed by atoms with E-state index in [9.17, 15) is 4.39 Å². The van der Waals surface area contributed by atoms with E-state index in [4.69, 9.17) is 9.72 Å². The molecule has 2 fully saturated rings. The fraction of sp³-hybridized carbons (Fsp3) is 0.536. The van der Waals surface area contributed by atoms with Crippen molar-refractivity contribution in [3.63, 3.8) is 0 Å². The summed E-state index contributed by atoms with van der Waals surface area (Å²) in [5, 5.41) is 3.52. The number of nitrogens with one attached hydrogen (secondary N) is 2. The number of hydrogen-bond acceptors (Lipinski definition) is 4. The minimum absolute atomic E-state index is 0.244. The van der Waals surface area contributed by atoms with Crippen LogP contribution in [0.15, 0.2) is 30.3 Å². The molecule has 0 bridgehead atoms. The molecule has 2 aliphatic rings. The van der Waals surface area contributed by atoms with Gasteiger partial charge in [-0.1, -0.05) is 19.9 Å². The van der Waals surface area contributed by atoms with E-state index in [1.165, 1.54) is 56.5 Å². The topological polar surface area (TPSA) is 53.2 Å². The quantitative estimate of drug-likeness (QED) is 0.513. The number of hydrogen-bond donors (Lipinski definition) is 2. The van der Waals surface area contributed by atoms with Crippen molar-refractivity contribution in [1.29, 1.82) is 0 Å². The summed E-state index contributed by atoms with van der Waals surface area (Å²) in [6.45, 7) is 10.4. The van der Waals surface area contributed by atoms with Crippen molar-refractivity contribution in [3.8, 4) is 17.1 Å². The summed E-state index contributed by atoms with van der Waals surface area (Å²) < 4.78 is 19.3. The molecule has 2 aliphatic heterocycles. The number of aromatic amines is 1. The number of aromatic nitrogens is 2. The molecular formula is C28H37FN4O. The Morgan fingerprint density at radius 1 is 1.12 bits per heavy atom. The Bertz CT molecular complexity index is 1150. The lowest BCUT2D eigenvalue weighted by Crippen LogP contribution is -2.53. The van der Waals surface area contributed by atoms with Gasteiger partial charge in [0.15, 0.2) is 11.6 Å². The number of ether oxygens (including phenoxy) is 1. The number of H-pyrrole nitrogens is 1. The van der Waals surface area contributed by atoms with E-state index in [0.29, 0.717) is 23.7 Å². The Morgan fingerprint density at radius 3 is 2.62 bits per heavy atom. The zero-order valence-corrected chi connectivity index (χ0v) is 20.8. The summed E-state index contributed by atoms with van der Waals surface area (Å²) in [7, 11) is 1.48. The second-order valence-electron chi connectivity index (χ2n) is 10.4. The van der Waals surface area contributed by atoms with Crippen molar-refractivity contribution >= 4 is 11.0 Å². The van der Waals surface area contributed by atoms with Crippen LogP contribution in [0.1, 0.15) is 56.6 Å². The smallest absolute Gasteiger partial charge is 0.165 e. The van der Waals surface area contributed by atoms with Crippen molar-refractivity contribution in [3.05, 3.63) is 47.3 Å². The molecule has 0 amide bonds. The maximum Gasteiger partial charge on any atom is 0.165 e. The van der Waals surface area contributed by atoms with E-state index in [1.54, 1.807) is 6.07 Å². The first-order chi connectivity index (χ1) is 16.4. The Labute approximate surface area is 202 Å². The van der Waals surface area contributed by atoms with Gasteiger partial charge in [0.25, 0.3) is 0 Å². The van der Waals surface area contributed by atoms with Gasteiger partial charge in [0, 0.05) is 17.6 Å². The van der Waals surface area contributed by atoms with Crippen LogP contribution >= 0.6 is 0 Å². The first-order valence-corrected chi connectivity index (χ1v) is 12.7. The lowest BCUT2D eigenvalue weighted by atomic mass is 9.79. The molecular weight excluding hydrogens is 427 g/mol. The molecule has 6 heteroatoms. The van der Waals surface area contributed by atoms with Crippen LogP contribution in [-0.4, -0.2) is 53.7 Å². The molecule has 2 N–H and O–H groups in total. The van der Waals surface area contributed by atoms with Gasteiger partial charge in [0.05, 0.1) is 18.1 Å². The zero-order chi connectivity index (χ0) is 23.8. The largest absolute Gasteiger partial charge is 0.494 e. The van der Waals surface area contributed by atoms with Crippen LogP contribution in [0.5, 0.6) is 5.75 Å². The summed E-state index contributed by atoms with van der Waals surface area (Å²) in [5.74, 6) is 1.76. The van der Waals surface area contributed by atoms with Crippen LogP contribution in [0.25, 0.3) is 22.4 Å². The molecule has 0 saturated carbocycles. The summed E-state index contributed by atoms with van der Waals surface area (Å²) in [4.78, 5) is 11.1. The van der Waals surface area contributed by atoms with Crippen LogP contribution in [0.3, 0.4) is 0 Å². The van der Waals surface area contributed by atoms with Crippen LogP contribution in [0.2, 0.25) is 0 Å². The highest BCUT2D eigenvalue weighted by Gasteiger charge is 2.35. The number of imidazole rings is 1. The van der Waals surface area contributed by atoms with Crippen molar-refractivity contribution in [2.24, 2.45) is 5.92 Å². The standard InChI is InChI=1S/C28H37FN4O/c1-17(2)25-16-19(9-12-33(25)22-7-10-30-11-8-22)21-13-18(3)27-24(15-21)31-28(32-27)20-5-6-26(34-4)23(29)14-20/h5-6,13-15,17,19,22,25,30H,7-12,16H2,1-4H3,(H,31,32)/t19?,25-/m1/s1. The third-order valence-electron chi connectivity index (χ3n) is 7.93. The number of piperidine rings is 2. The maximum atomic E-state index is 14.3. The van der Waals surface area contributed by atoms with Crippen LogP contribution in [0, 0.1) is 18.7 Å². The van der Waals surface area contributed by atoms with E-state index >= 15 is 0 Å². The van der Waals surface area contributed by atoms with Crippen LogP contribution in [0.4, 0.5) is 4.39 Å². The van der Waals surface area contributed by atoms with Gasteiger partial charge in [-0.2, -0.15) is 0 Å². The molecule has 182 valence electrons. The summed E-state index contributed by atoms with van der Waals surface area (Å²) in [6, 6.07) is 10.9. The Balaban J connectivity index is 1.41. The lowest BCUT2D eigenvalue weighted by Gasteiger charge is -2.47. The highest BCUT2D eigenvalue weighted by Crippen LogP contribution is 2.38. The summed E-state index contributed by atoms with van der Waals surface area (Å²) >= 11 is 0. The number of methoxy groups -OCH3 is 1. The van der Waals surface area contributed by atoms with Gasteiger partial charge in [-0.25, -0.2) is 9.37 Å². The number of fused-ring (bicyclic) bond motifs is 1. The van der Waals surface area contributed by atoms with E-state index in [0.717, 1.165) is 35.7 Å². The second-order valence-corrected chi connectivity index (χ2v) is 10.4. The van der Waals surface area contributed by atoms with Crippen LogP contribution in [-0.2, 0) is 0 Å². The molecule has 1 aromatic heterocycles. The molecule has 2 aromatic carbocycles. The van der Waals surface area contributed by atoms with Gasteiger partial charge in [-0.3, -0.25) is 4.90 Å². The minimum atomic E-state index is -0.377. The fourth-order valence-electron chi connectivity index (χ4n) is 6.07. The number of likely N-dealkylation sites (tertiary alicyclic amines) is 1. The van der Waals surface area contributed by atoms with E-state index < -0.39 is 0 Å². The number of aryl methyl sites for hydroxylation is 1. The van der Waals surface area contributed by atoms with Gasteiger partial charge in [0.2, 0.25) is 0 Å². The highest BCUT2D eigenvalue weighted by atomic mass is 19.1. The first-order valence-electron chi connectivity index (χ1n) is 12.7. The molecule has 3 aromatic rings. The lowest BCUT2D eigenvalue weighted by molar-refractivity contribution is 0.0431. The third-order valence-corrected chi connectivity index (χ3v) is 7.93. The zero-order valence-electron chi connectivity index (χ0n) is 20.8. The highest BCUT2D eigenvalue weighted by molar-refractivity contribution is 5.83. The molecule has 5 rings (SSSR count). The van der Waals surface area contributed by atoms with Crippen molar-refractivity contribution in [2.45, 2.75) is 64.5 Å². The number of benzene rings is 2. The van der Waals surface area contributed by atoms with E-state index in [-0.39, 0.29) is 11.6 Å². The molecule has 0 aliphatic carbocycles. The summed E-state index contributed by atoms with van der Waals surface area (Å²) in [6.07, 6.45) is 4.93. The predicted molar refractivity (Wildman–Crippen MR) is 136 cm³/mol. The molecule has 2 atom stereocenters. The predicted octanol–water partition coefficient (Wildman–Crippen LogP) is 5.64. The molecule has 2 saturated heterocycles. The van der Waals surface area contributed by atoms with Gasteiger partial charge in [-0.15, -0.1) is 0 Å². The molecule has 0 radical (unpaired) electrons. The fourth-order valence-corrected chi connectivity index (χ4v) is 6.07. The number of nitrogens with zero attached hydrogens (tertiary/aromatic N) is 2. The minimum Gasteiger partial charge on any atom is -0.494 e. The summed E-state index contributed by atoms with van der Waals surface area (Å²) in [5.41, 5.74) is 5.29. The average molecular weight is 465 g/mol. The van der Waals surface area contributed by atoms with Gasteiger partial charge in [-0.05, 0) is 99.5 Å². The maximum absolute atomic E-state index is 14.3. The molecule has 34 heavy (non-hydrogen) atoms.